The Kier molecular flexibility index (Phi) is 1.61. The predicted molar refractivity (Wildman–Crippen MR) is 44.4 cm³/mol. The smallest absolute Gasteiger partial charge is 0.322 e. The van der Waals surface area contributed by atoms with Gasteiger partial charge in [0, 0.05) is 6.42 Å². The lowest BCUT2D eigenvalue weighted by Gasteiger charge is -2.06. The van der Waals surface area contributed by atoms with Crippen molar-refractivity contribution in [3.63, 3.8) is 0 Å². The SMILES string of the molecule is O=C(O)C12C#CCCCCC1C2. The molecule has 64 valence electrons. The number of hydrogen-bond donors (Lipinski definition) is 1. The first-order valence-corrected chi connectivity index (χ1v) is 4.49. The van der Waals surface area contributed by atoms with Crippen LogP contribution in [0, 0.1) is 23.2 Å². The summed E-state index contributed by atoms with van der Waals surface area (Å²) in [6.07, 6.45) is 5.01. The summed E-state index contributed by atoms with van der Waals surface area (Å²) in [6, 6.07) is 0. The van der Waals surface area contributed by atoms with Gasteiger partial charge < -0.3 is 5.11 Å². The molecule has 2 aliphatic carbocycles. The molecule has 0 bridgehead atoms. The number of fused-ring (bicyclic) bond motifs is 1. The van der Waals surface area contributed by atoms with Gasteiger partial charge in [0.1, 0.15) is 5.41 Å². The fraction of sp³-hybridized carbons (Fsp3) is 0.700. The van der Waals surface area contributed by atoms with Crippen LogP contribution in [0.3, 0.4) is 0 Å². The first-order chi connectivity index (χ1) is 5.76. The number of rotatable bonds is 1. The van der Waals surface area contributed by atoms with Crippen molar-refractivity contribution < 1.29 is 9.90 Å². The molecule has 1 saturated carbocycles. The monoisotopic (exact) mass is 164 g/mol. The maximum atomic E-state index is 10.9. The molecule has 0 aromatic heterocycles. The van der Waals surface area contributed by atoms with E-state index in [0.29, 0.717) is 5.92 Å². The van der Waals surface area contributed by atoms with Crippen LogP contribution in [-0.2, 0) is 4.79 Å². The van der Waals surface area contributed by atoms with E-state index < -0.39 is 11.4 Å². The molecular weight excluding hydrogens is 152 g/mol. The Labute approximate surface area is 72.0 Å². The first-order valence-electron chi connectivity index (χ1n) is 4.49. The zero-order valence-electron chi connectivity index (χ0n) is 6.97. The van der Waals surface area contributed by atoms with Gasteiger partial charge in [-0.3, -0.25) is 4.79 Å². The van der Waals surface area contributed by atoms with Gasteiger partial charge in [-0.05, 0) is 25.2 Å². The van der Waals surface area contributed by atoms with Gasteiger partial charge in [0.25, 0.3) is 0 Å². The van der Waals surface area contributed by atoms with Crippen molar-refractivity contribution in [3.8, 4) is 11.8 Å². The molecule has 0 heterocycles. The van der Waals surface area contributed by atoms with E-state index in [1.54, 1.807) is 0 Å². The molecular formula is C10H12O2. The van der Waals surface area contributed by atoms with Gasteiger partial charge in [0.2, 0.25) is 0 Å². The second-order valence-corrected chi connectivity index (χ2v) is 3.73. The standard InChI is InChI=1S/C10H12O2/c11-9(12)10-6-4-2-1-3-5-8(10)7-10/h8H,1-3,5,7H2,(H,11,12). The summed E-state index contributed by atoms with van der Waals surface area (Å²) in [5, 5.41) is 8.95. The maximum Gasteiger partial charge on any atom is 0.322 e. The lowest BCUT2D eigenvalue weighted by atomic mass is 9.98. The average Bonchev–Trinajstić information content (AvgIpc) is 2.63. The van der Waals surface area contributed by atoms with Crippen LogP contribution in [0.4, 0.5) is 0 Å². The summed E-state index contributed by atoms with van der Waals surface area (Å²) in [5.74, 6) is 5.54. The predicted octanol–water partition coefficient (Wildman–Crippen LogP) is 1.65. The molecule has 1 N–H and O–H groups in total. The number of carbonyl (C=O) groups is 1. The van der Waals surface area contributed by atoms with Crippen LogP contribution in [0.2, 0.25) is 0 Å². The van der Waals surface area contributed by atoms with Gasteiger partial charge in [-0.25, -0.2) is 0 Å². The number of aliphatic carboxylic acids is 1. The second kappa shape index (κ2) is 2.52. The summed E-state index contributed by atoms with van der Waals surface area (Å²) in [6.45, 7) is 0. The Morgan fingerprint density at radius 1 is 1.50 bits per heavy atom. The van der Waals surface area contributed by atoms with Crippen molar-refractivity contribution in [2.45, 2.75) is 32.1 Å². The molecule has 0 aromatic rings. The van der Waals surface area contributed by atoms with E-state index in [1.165, 1.54) is 0 Å². The van der Waals surface area contributed by atoms with E-state index in [-0.39, 0.29) is 0 Å². The van der Waals surface area contributed by atoms with Crippen molar-refractivity contribution in [1.82, 2.24) is 0 Å². The molecule has 0 saturated heterocycles. The normalized spacial score (nSPS) is 38.2. The Bertz CT molecular complexity index is 271. The summed E-state index contributed by atoms with van der Waals surface area (Å²) < 4.78 is 0. The van der Waals surface area contributed by atoms with Gasteiger partial charge in [-0.2, -0.15) is 0 Å². The lowest BCUT2D eigenvalue weighted by molar-refractivity contribution is -0.141. The molecule has 2 rings (SSSR count). The third kappa shape index (κ3) is 1.01. The van der Waals surface area contributed by atoms with Crippen molar-refractivity contribution in [1.29, 1.82) is 0 Å². The van der Waals surface area contributed by atoms with Crippen LogP contribution in [0.15, 0.2) is 0 Å². The summed E-state index contributed by atoms with van der Waals surface area (Å²) in [4.78, 5) is 10.9. The van der Waals surface area contributed by atoms with Crippen LogP contribution in [0.5, 0.6) is 0 Å². The van der Waals surface area contributed by atoms with Gasteiger partial charge in [-0.15, -0.1) is 5.92 Å². The van der Waals surface area contributed by atoms with Crippen molar-refractivity contribution in [2.24, 2.45) is 11.3 Å². The second-order valence-electron chi connectivity index (χ2n) is 3.73. The Balaban J connectivity index is 2.21. The molecule has 2 aliphatic rings. The topological polar surface area (TPSA) is 37.3 Å². The molecule has 2 unspecified atom stereocenters. The van der Waals surface area contributed by atoms with Crippen LogP contribution < -0.4 is 0 Å². The summed E-state index contributed by atoms with van der Waals surface area (Å²) >= 11 is 0. The molecule has 0 radical (unpaired) electrons. The van der Waals surface area contributed by atoms with E-state index in [1.807, 2.05) is 0 Å². The third-order valence-corrected chi connectivity index (χ3v) is 2.90. The fourth-order valence-corrected chi connectivity index (χ4v) is 1.97. The van der Waals surface area contributed by atoms with Crippen molar-refractivity contribution in [3.05, 3.63) is 0 Å². The highest BCUT2D eigenvalue weighted by molar-refractivity contribution is 5.82. The highest BCUT2D eigenvalue weighted by Crippen LogP contribution is 2.55. The van der Waals surface area contributed by atoms with Gasteiger partial charge in [0.15, 0.2) is 0 Å². The largest absolute Gasteiger partial charge is 0.480 e. The van der Waals surface area contributed by atoms with Crippen LogP contribution in [-0.4, -0.2) is 11.1 Å². The fourth-order valence-electron chi connectivity index (χ4n) is 1.97. The molecule has 0 amide bonds. The Morgan fingerprint density at radius 3 is 3.08 bits per heavy atom. The van der Waals surface area contributed by atoms with Gasteiger partial charge in [-0.1, -0.05) is 12.3 Å². The quantitative estimate of drug-likeness (QED) is 0.598. The minimum absolute atomic E-state index is 0.350. The molecule has 2 heteroatoms. The van der Waals surface area contributed by atoms with Gasteiger partial charge in [0.05, 0.1) is 0 Å². The number of carboxylic acid groups (broad SMARTS) is 1. The average molecular weight is 164 g/mol. The summed E-state index contributed by atoms with van der Waals surface area (Å²) in [7, 11) is 0. The van der Waals surface area contributed by atoms with E-state index in [0.717, 1.165) is 32.1 Å². The van der Waals surface area contributed by atoms with Crippen LogP contribution in [0.1, 0.15) is 32.1 Å². The van der Waals surface area contributed by atoms with Crippen molar-refractivity contribution >= 4 is 5.97 Å². The van der Waals surface area contributed by atoms with E-state index in [2.05, 4.69) is 11.8 Å². The molecule has 0 aliphatic heterocycles. The highest BCUT2D eigenvalue weighted by atomic mass is 16.4. The van der Waals surface area contributed by atoms with Crippen LogP contribution in [0.25, 0.3) is 0 Å². The molecule has 0 aromatic carbocycles. The van der Waals surface area contributed by atoms with Crippen molar-refractivity contribution in [2.75, 3.05) is 0 Å². The lowest BCUT2D eigenvalue weighted by Crippen LogP contribution is -2.16. The number of carboxylic acids is 1. The Morgan fingerprint density at radius 2 is 2.33 bits per heavy atom. The van der Waals surface area contributed by atoms with E-state index in [9.17, 15) is 4.79 Å². The molecule has 1 fully saturated rings. The molecule has 2 nitrogen and oxygen atoms in total. The van der Waals surface area contributed by atoms with E-state index in [4.69, 9.17) is 5.11 Å². The summed E-state index contributed by atoms with van der Waals surface area (Å²) in [5.41, 5.74) is -0.625. The van der Waals surface area contributed by atoms with Crippen LogP contribution >= 0.6 is 0 Å². The highest BCUT2D eigenvalue weighted by Gasteiger charge is 2.59. The van der Waals surface area contributed by atoms with Gasteiger partial charge >= 0.3 is 5.97 Å². The molecule has 0 spiro atoms. The first kappa shape index (κ1) is 7.67. The minimum Gasteiger partial charge on any atom is -0.480 e. The Hall–Kier alpha value is -0.970. The minimum atomic E-state index is -0.707. The maximum absolute atomic E-state index is 10.9. The molecule has 12 heavy (non-hydrogen) atoms. The zero-order valence-corrected chi connectivity index (χ0v) is 6.97. The zero-order chi connectivity index (χ0) is 8.60. The molecule has 2 atom stereocenters. The third-order valence-electron chi connectivity index (χ3n) is 2.90. The number of hydrogen-bond acceptors (Lipinski definition) is 1. The van der Waals surface area contributed by atoms with E-state index >= 15 is 0 Å².